The first-order chi connectivity index (χ1) is 7.17. The molecule has 0 aromatic carbocycles. The minimum absolute atomic E-state index is 0.0376. The lowest BCUT2D eigenvalue weighted by Gasteiger charge is -2.18. The van der Waals surface area contributed by atoms with Gasteiger partial charge in [-0.1, -0.05) is 20.8 Å². The zero-order chi connectivity index (χ0) is 11.7. The second-order valence-electron chi connectivity index (χ2n) is 3.77. The molecule has 0 saturated carbocycles. The Hall–Kier alpha value is -0.700. The fourth-order valence-corrected chi connectivity index (χ4v) is 1.32. The fourth-order valence-electron chi connectivity index (χ4n) is 1.32. The Balaban J connectivity index is 3.91. The standard InChI is InChI=1S/C12H22O3/c1-4-10(8-13)7-12(6-3)15-9-11(14)5-2/h8,10,12H,4-7,9H2,1-3H3/t10-,12-/m1/s1. The van der Waals surface area contributed by atoms with Gasteiger partial charge < -0.3 is 9.53 Å². The van der Waals surface area contributed by atoms with Crippen molar-refractivity contribution in [1.82, 2.24) is 0 Å². The topological polar surface area (TPSA) is 43.4 Å². The van der Waals surface area contributed by atoms with Crippen molar-refractivity contribution in [2.75, 3.05) is 6.61 Å². The summed E-state index contributed by atoms with van der Waals surface area (Å²) >= 11 is 0. The molecule has 3 nitrogen and oxygen atoms in total. The maximum absolute atomic E-state index is 11.1. The van der Waals surface area contributed by atoms with Gasteiger partial charge in [-0.2, -0.15) is 0 Å². The molecule has 0 heterocycles. The highest BCUT2D eigenvalue weighted by atomic mass is 16.5. The largest absolute Gasteiger partial charge is 0.370 e. The second-order valence-corrected chi connectivity index (χ2v) is 3.77. The van der Waals surface area contributed by atoms with Gasteiger partial charge in [0.15, 0.2) is 5.78 Å². The van der Waals surface area contributed by atoms with Crippen molar-refractivity contribution in [3.05, 3.63) is 0 Å². The van der Waals surface area contributed by atoms with Gasteiger partial charge in [0.2, 0.25) is 0 Å². The molecule has 0 fully saturated rings. The molecule has 0 radical (unpaired) electrons. The van der Waals surface area contributed by atoms with E-state index in [1.165, 1.54) is 0 Å². The Morgan fingerprint density at radius 3 is 2.33 bits per heavy atom. The summed E-state index contributed by atoms with van der Waals surface area (Å²) in [5.41, 5.74) is 0. The van der Waals surface area contributed by atoms with Crippen molar-refractivity contribution < 1.29 is 14.3 Å². The highest BCUT2D eigenvalue weighted by molar-refractivity contribution is 5.79. The van der Waals surface area contributed by atoms with E-state index in [0.717, 1.165) is 25.5 Å². The van der Waals surface area contributed by atoms with Crippen LogP contribution in [0.4, 0.5) is 0 Å². The van der Waals surface area contributed by atoms with E-state index in [-0.39, 0.29) is 24.4 Å². The molecule has 88 valence electrons. The summed E-state index contributed by atoms with van der Waals surface area (Å²) in [7, 11) is 0. The third-order valence-corrected chi connectivity index (χ3v) is 2.61. The van der Waals surface area contributed by atoms with Gasteiger partial charge in [-0.15, -0.1) is 0 Å². The van der Waals surface area contributed by atoms with Gasteiger partial charge in [0.1, 0.15) is 12.9 Å². The van der Waals surface area contributed by atoms with E-state index in [9.17, 15) is 9.59 Å². The van der Waals surface area contributed by atoms with Crippen LogP contribution >= 0.6 is 0 Å². The van der Waals surface area contributed by atoms with Crippen LogP contribution in [0.5, 0.6) is 0 Å². The number of ketones is 1. The van der Waals surface area contributed by atoms with Gasteiger partial charge in [0, 0.05) is 12.3 Å². The van der Waals surface area contributed by atoms with Gasteiger partial charge in [0.25, 0.3) is 0 Å². The molecule has 0 aliphatic carbocycles. The van der Waals surface area contributed by atoms with E-state index in [2.05, 4.69) is 0 Å². The van der Waals surface area contributed by atoms with Crippen molar-refractivity contribution >= 4 is 12.1 Å². The van der Waals surface area contributed by atoms with Gasteiger partial charge in [-0.3, -0.25) is 4.79 Å². The van der Waals surface area contributed by atoms with Crippen LogP contribution in [0.3, 0.4) is 0 Å². The molecule has 0 unspecified atom stereocenters. The Labute approximate surface area is 92.2 Å². The summed E-state index contributed by atoms with van der Waals surface area (Å²) in [5.74, 6) is 0.180. The molecule has 0 aromatic heterocycles. The van der Waals surface area contributed by atoms with Crippen LogP contribution in [0, 0.1) is 5.92 Å². The number of ether oxygens (including phenoxy) is 1. The van der Waals surface area contributed by atoms with Crippen molar-refractivity contribution in [3.8, 4) is 0 Å². The molecular weight excluding hydrogens is 192 g/mol. The SMILES string of the molecule is CCC(=O)CO[C@H](CC)C[C@H](C=O)CC. The summed E-state index contributed by atoms with van der Waals surface area (Å²) in [6, 6.07) is 0. The Morgan fingerprint density at radius 1 is 1.27 bits per heavy atom. The van der Waals surface area contributed by atoms with Crippen molar-refractivity contribution in [1.29, 1.82) is 0 Å². The maximum Gasteiger partial charge on any atom is 0.158 e. The van der Waals surface area contributed by atoms with Crippen LogP contribution in [0.15, 0.2) is 0 Å². The first kappa shape index (κ1) is 14.3. The number of carbonyl (C=O) groups is 2. The maximum atomic E-state index is 11.1. The molecule has 0 amide bonds. The van der Waals surface area contributed by atoms with Crippen molar-refractivity contribution in [3.63, 3.8) is 0 Å². The van der Waals surface area contributed by atoms with E-state index < -0.39 is 0 Å². The minimum Gasteiger partial charge on any atom is -0.370 e. The number of carbonyl (C=O) groups excluding carboxylic acids is 2. The third kappa shape index (κ3) is 6.39. The van der Waals surface area contributed by atoms with Crippen LogP contribution < -0.4 is 0 Å². The van der Waals surface area contributed by atoms with Crippen molar-refractivity contribution in [2.24, 2.45) is 5.92 Å². The summed E-state index contributed by atoms with van der Waals surface area (Å²) < 4.78 is 5.47. The van der Waals surface area contributed by atoms with Crippen LogP contribution in [-0.4, -0.2) is 24.8 Å². The van der Waals surface area contributed by atoms with Crippen LogP contribution in [0.2, 0.25) is 0 Å². The second kappa shape index (κ2) is 8.60. The number of hydrogen-bond donors (Lipinski definition) is 0. The average Bonchev–Trinajstić information content (AvgIpc) is 2.29. The summed E-state index contributed by atoms with van der Waals surface area (Å²) in [5, 5.41) is 0. The summed E-state index contributed by atoms with van der Waals surface area (Å²) in [6.07, 6.45) is 3.95. The van der Waals surface area contributed by atoms with Crippen LogP contribution in [0.1, 0.15) is 46.5 Å². The lowest BCUT2D eigenvalue weighted by atomic mass is 9.99. The van der Waals surface area contributed by atoms with Gasteiger partial charge in [-0.05, 0) is 19.3 Å². The molecular formula is C12H22O3. The smallest absolute Gasteiger partial charge is 0.158 e. The minimum atomic E-state index is 0.0376. The average molecular weight is 214 g/mol. The molecule has 0 aliphatic rings. The first-order valence-corrected chi connectivity index (χ1v) is 5.76. The number of hydrogen-bond acceptors (Lipinski definition) is 3. The summed E-state index contributed by atoms with van der Waals surface area (Å²) in [4.78, 5) is 21.7. The Kier molecular flexibility index (Phi) is 8.19. The molecule has 0 bridgehead atoms. The van der Waals surface area contributed by atoms with E-state index in [4.69, 9.17) is 4.74 Å². The lowest BCUT2D eigenvalue weighted by Crippen LogP contribution is -2.21. The van der Waals surface area contributed by atoms with Gasteiger partial charge >= 0.3 is 0 Å². The fraction of sp³-hybridized carbons (Fsp3) is 0.833. The van der Waals surface area contributed by atoms with E-state index in [1.54, 1.807) is 0 Å². The van der Waals surface area contributed by atoms with Crippen molar-refractivity contribution in [2.45, 2.75) is 52.6 Å². The highest BCUT2D eigenvalue weighted by Crippen LogP contribution is 2.13. The Morgan fingerprint density at radius 2 is 1.93 bits per heavy atom. The molecule has 0 N–H and O–H groups in total. The predicted octanol–water partition coefficient (Wildman–Crippen LogP) is 2.38. The van der Waals surface area contributed by atoms with Crippen LogP contribution in [-0.2, 0) is 14.3 Å². The zero-order valence-corrected chi connectivity index (χ0v) is 9.99. The molecule has 3 heteroatoms. The molecule has 0 saturated heterocycles. The van der Waals surface area contributed by atoms with E-state index in [0.29, 0.717) is 6.42 Å². The molecule has 0 rings (SSSR count). The Bertz CT molecular complexity index is 189. The van der Waals surface area contributed by atoms with E-state index in [1.807, 2.05) is 20.8 Å². The van der Waals surface area contributed by atoms with Crippen LogP contribution in [0.25, 0.3) is 0 Å². The molecule has 2 atom stereocenters. The monoisotopic (exact) mass is 214 g/mol. The molecule has 0 aromatic rings. The lowest BCUT2D eigenvalue weighted by molar-refractivity contribution is -0.125. The van der Waals surface area contributed by atoms with Gasteiger partial charge in [0.05, 0.1) is 6.10 Å². The molecule has 0 aliphatic heterocycles. The number of aldehydes is 1. The predicted molar refractivity (Wildman–Crippen MR) is 59.8 cm³/mol. The quantitative estimate of drug-likeness (QED) is 0.553. The molecule has 15 heavy (non-hydrogen) atoms. The summed E-state index contributed by atoms with van der Waals surface area (Å²) in [6.45, 7) is 6.01. The first-order valence-electron chi connectivity index (χ1n) is 5.76. The number of rotatable bonds is 9. The number of Topliss-reactive ketones (excluding diaryl/α,β-unsaturated/α-hetero) is 1. The normalized spacial score (nSPS) is 14.6. The highest BCUT2D eigenvalue weighted by Gasteiger charge is 2.14. The third-order valence-electron chi connectivity index (χ3n) is 2.61. The van der Waals surface area contributed by atoms with E-state index >= 15 is 0 Å². The zero-order valence-electron chi connectivity index (χ0n) is 9.99. The molecule has 0 spiro atoms. The van der Waals surface area contributed by atoms with Gasteiger partial charge in [-0.25, -0.2) is 0 Å².